The van der Waals surface area contributed by atoms with Gasteiger partial charge in [0, 0.05) is 12.5 Å². The highest BCUT2D eigenvalue weighted by molar-refractivity contribution is 5.76. The van der Waals surface area contributed by atoms with Gasteiger partial charge in [-0.05, 0) is 18.1 Å². The van der Waals surface area contributed by atoms with E-state index in [4.69, 9.17) is 4.74 Å². The molecule has 0 radical (unpaired) electrons. The summed E-state index contributed by atoms with van der Waals surface area (Å²) in [6, 6.07) is 7.52. The smallest absolute Gasteiger partial charge is 0.397 e. The molecule has 1 N–H and O–H groups in total. The van der Waals surface area contributed by atoms with Gasteiger partial charge in [-0.25, -0.2) is 0 Å². The minimum absolute atomic E-state index is 0.00656. The van der Waals surface area contributed by atoms with Gasteiger partial charge in [0.15, 0.2) is 0 Å². The van der Waals surface area contributed by atoms with Crippen molar-refractivity contribution in [2.75, 3.05) is 13.2 Å². The van der Waals surface area contributed by atoms with Crippen LogP contribution in [0, 0.1) is 5.92 Å². The molecule has 19 heavy (non-hydrogen) atoms. The first-order valence-electron chi connectivity index (χ1n) is 5.98. The number of amides is 1. The Balaban J connectivity index is 1.81. The van der Waals surface area contributed by atoms with Gasteiger partial charge in [-0.3, -0.25) is 4.79 Å². The zero-order chi connectivity index (χ0) is 13.9. The molecule has 0 saturated carbocycles. The van der Waals surface area contributed by atoms with Crippen molar-refractivity contribution in [2.45, 2.75) is 19.0 Å². The van der Waals surface area contributed by atoms with Crippen LogP contribution in [0.2, 0.25) is 0 Å². The number of nitrogens with one attached hydrogen (secondary N) is 1. The van der Waals surface area contributed by atoms with E-state index in [1.54, 1.807) is 0 Å². The Labute approximate surface area is 108 Å². The topological polar surface area (TPSA) is 38.3 Å². The van der Waals surface area contributed by atoms with Crippen molar-refractivity contribution < 1.29 is 22.7 Å². The molecule has 1 unspecified atom stereocenters. The summed E-state index contributed by atoms with van der Waals surface area (Å²) in [5.41, 5.74) is 1.02. The summed E-state index contributed by atoms with van der Waals surface area (Å²) in [7, 11) is 0. The number of hydrogen-bond acceptors (Lipinski definition) is 2. The molecule has 1 aromatic carbocycles. The third-order valence-electron chi connectivity index (χ3n) is 2.90. The predicted molar refractivity (Wildman–Crippen MR) is 62.8 cm³/mol. The number of halogens is 3. The fourth-order valence-corrected chi connectivity index (χ4v) is 2.02. The number of rotatable bonds is 3. The Bertz CT molecular complexity index is 459. The largest absolute Gasteiger partial charge is 0.493 e. The number of benzene rings is 1. The summed E-state index contributed by atoms with van der Waals surface area (Å²) in [4.78, 5) is 11.1. The van der Waals surface area contributed by atoms with Gasteiger partial charge in [-0.1, -0.05) is 18.2 Å². The first kappa shape index (κ1) is 13.7. The second kappa shape index (κ2) is 5.50. The average molecular weight is 273 g/mol. The summed E-state index contributed by atoms with van der Waals surface area (Å²) in [6.07, 6.45) is -5.20. The lowest BCUT2D eigenvalue weighted by atomic mass is 9.97. The van der Waals surface area contributed by atoms with Crippen LogP contribution < -0.4 is 10.1 Å². The second-order valence-corrected chi connectivity index (χ2v) is 4.58. The Hall–Kier alpha value is -1.72. The zero-order valence-electron chi connectivity index (χ0n) is 10.2. The van der Waals surface area contributed by atoms with Gasteiger partial charge in [0.05, 0.1) is 6.61 Å². The summed E-state index contributed by atoms with van der Waals surface area (Å²) in [5, 5.41) is 2.30. The molecule has 0 spiro atoms. The van der Waals surface area contributed by atoms with Crippen LogP contribution in [0.3, 0.4) is 0 Å². The van der Waals surface area contributed by atoms with Crippen LogP contribution in [-0.2, 0) is 11.2 Å². The van der Waals surface area contributed by atoms with Crippen LogP contribution >= 0.6 is 0 Å². The molecule has 0 saturated heterocycles. The average Bonchev–Trinajstić information content (AvgIpc) is 2.34. The third-order valence-corrected chi connectivity index (χ3v) is 2.90. The Morgan fingerprint density at radius 2 is 2.11 bits per heavy atom. The molecular weight excluding hydrogens is 259 g/mol. The molecule has 3 nitrogen and oxygen atoms in total. The molecule has 0 aliphatic carbocycles. The predicted octanol–water partition coefficient (Wildman–Crippen LogP) is 2.31. The van der Waals surface area contributed by atoms with Crippen LogP contribution in [0.5, 0.6) is 5.75 Å². The van der Waals surface area contributed by atoms with Gasteiger partial charge >= 0.3 is 6.18 Å². The van der Waals surface area contributed by atoms with E-state index >= 15 is 0 Å². The fraction of sp³-hybridized carbons (Fsp3) is 0.462. The highest BCUT2D eigenvalue weighted by Crippen LogP contribution is 2.26. The van der Waals surface area contributed by atoms with Gasteiger partial charge < -0.3 is 10.1 Å². The van der Waals surface area contributed by atoms with Gasteiger partial charge in [-0.2, -0.15) is 13.2 Å². The molecule has 1 atom stereocenters. The summed E-state index contributed by atoms with van der Waals surface area (Å²) in [6.45, 7) is 0.604. The fourth-order valence-electron chi connectivity index (χ4n) is 2.02. The van der Waals surface area contributed by atoms with Crippen molar-refractivity contribution in [3.8, 4) is 5.75 Å². The molecule has 0 aromatic heterocycles. The second-order valence-electron chi connectivity index (χ2n) is 4.58. The van der Waals surface area contributed by atoms with Crippen LogP contribution in [0.4, 0.5) is 13.2 Å². The van der Waals surface area contributed by atoms with E-state index in [0.717, 1.165) is 11.3 Å². The minimum Gasteiger partial charge on any atom is -0.493 e. The molecule has 1 aliphatic rings. The highest BCUT2D eigenvalue weighted by Gasteiger charge is 2.31. The minimum atomic E-state index is -4.46. The van der Waals surface area contributed by atoms with E-state index in [-0.39, 0.29) is 12.5 Å². The lowest BCUT2D eigenvalue weighted by molar-refractivity contribution is -0.153. The molecule has 1 aromatic rings. The number of fused-ring (bicyclic) bond motifs is 1. The van der Waals surface area contributed by atoms with Crippen LogP contribution in [0.25, 0.3) is 0 Å². The number of para-hydroxylation sites is 1. The number of ether oxygens (including phenoxy) is 1. The van der Waals surface area contributed by atoms with Crippen molar-refractivity contribution >= 4 is 5.91 Å². The quantitative estimate of drug-likeness (QED) is 0.917. The molecule has 0 fully saturated rings. The maximum Gasteiger partial charge on any atom is 0.397 e. The maximum absolute atomic E-state index is 12.0. The number of hydrogen-bond donors (Lipinski definition) is 1. The lowest BCUT2D eigenvalue weighted by Crippen LogP contribution is -2.36. The molecule has 1 aliphatic heterocycles. The first-order valence-corrected chi connectivity index (χ1v) is 5.98. The van der Waals surface area contributed by atoms with Gasteiger partial charge in [0.2, 0.25) is 5.91 Å². The Kier molecular flexibility index (Phi) is 3.97. The number of carbonyl (C=O) groups is 1. The van der Waals surface area contributed by atoms with E-state index in [0.29, 0.717) is 13.0 Å². The summed E-state index contributed by atoms with van der Waals surface area (Å²) < 4.78 is 41.4. The molecule has 6 heteroatoms. The Morgan fingerprint density at radius 3 is 2.84 bits per heavy atom. The van der Waals surface area contributed by atoms with Gasteiger partial charge in [0.1, 0.15) is 12.2 Å². The molecular formula is C13H14F3NO2. The van der Waals surface area contributed by atoms with Crippen molar-refractivity contribution in [3.05, 3.63) is 29.8 Å². The number of alkyl halides is 3. The van der Waals surface area contributed by atoms with Crippen molar-refractivity contribution in [1.29, 1.82) is 0 Å². The maximum atomic E-state index is 12.0. The number of carbonyl (C=O) groups excluding carboxylic acids is 1. The van der Waals surface area contributed by atoms with E-state index in [9.17, 15) is 18.0 Å². The monoisotopic (exact) mass is 273 g/mol. The SMILES string of the molecule is O=C(CC(F)(F)F)NCC1COc2ccccc2C1. The van der Waals surface area contributed by atoms with Crippen molar-refractivity contribution in [1.82, 2.24) is 5.32 Å². The van der Waals surface area contributed by atoms with E-state index in [2.05, 4.69) is 5.32 Å². The van der Waals surface area contributed by atoms with E-state index < -0.39 is 18.5 Å². The Morgan fingerprint density at radius 1 is 1.37 bits per heavy atom. The molecule has 1 heterocycles. The van der Waals surface area contributed by atoms with E-state index in [1.807, 2.05) is 24.3 Å². The third kappa shape index (κ3) is 4.15. The molecule has 2 rings (SSSR count). The van der Waals surface area contributed by atoms with Crippen LogP contribution in [0.1, 0.15) is 12.0 Å². The summed E-state index contributed by atoms with van der Waals surface area (Å²) >= 11 is 0. The molecule has 0 bridgehead atoms. The van der Waals surface area contributed by atoms with Crippen molar-refractivity contribution in [3.63, 3.8) is 0 Å². The standard InChI is InChI=1S/C13H14F3NO2/c14-13(15,16)6-12(18)17-7-9-5-10-3-1-2-4-11(10)19-8-9/h1-4,9H,5-8H2,(H,17,18). The van der Waals surface area contributed by atoms with Crippen molar-refractivity contribution in [2.24, 2.45) is 5.92 Å². The van der Waals surface area contributed by atoms with E-state index in [1.165, 1.54) is 0 Å². The van der Waals surface area contributed by atoms with Gasteiger partial charge in [-0.15, -0.1) is 0 Å². The lowest BCUT2D eigenvalue weighted by Gasteiger charge is -2.25. The normalized spacial score (nSPS) is 18.4. The molecule has 1 amide bonds. The van der Waals surface area contributed by atoms with Gasteiger partial charge in [0.25, 0.3) is 0 Å². The zero-order valence-corrected chi connectivity index (χ0v) is 10.2. The highest BCUT2D eigenvalue weighted by atomic mass is 19.4. The van der Waals surface area contributed by atoms with Crippen LogP contribution in [-0.4, -0.2) is 25.2 Å². The summed E-state index contributed by atoms with van der Waals surface area (Å²) in [5.74, 6) is -0.182. The first-order chi connectivity index (χ1) is 8.94. The van der Waals surface area contributed by atoms with Crippen LogP contribution in [0.15, 0.2) is 24.3 Å². The molecule has 104 valence electrons.